The molecule has 0 aliphatic heterocycles. The van der Waals surface area contributed by atoms with Gasteiger partial charge in [0.25, 0.3) is 0 Å². The lowest BCUT2D eigenvalue weighted by atomic mass is 10.5. The molecule has 0 aromatic carbocycles. The van der Waals surface area contributed by atoms with E-state index in [1.54, 1.807) is 0 Å². The number of hydrogen-bond donors (Lipinski definition) is 0. The lowest BCUT2D eigenvalue weighted by Crippen LogP contribution is -2.17. The molecule has 61 valence electrons. The molecule has 3 nitrogen and oxygen atoms in total. The summed E-state index contributed by atoms with van der Waals surface area (Å²) in [5.74, 6) is 0. The Labute approximate surface area is 75.2 Å². The summed E-state index contributed by atoms with van der Waals surface area (Å²) in [7, 11) is 1.95. The molecule has 1 aromatic rings. The summed E-state index contributed by atoms with van der Waals surface area (Å²) in [5, 5.41) is 1.17. The first-order valence-corrected chi connectivity index (χ1v) is 4.38. The molecule has 0 atom stereocenters. The number of hydrogen-bond acceptors (Lipinski definition) is 4. The van der Waals surface area contributed by atoms with Gasteiger partial charge in [0, 0.05) is 25.1 Å². The van der Waals surface area contributed by atoms with Crippen molar-refractivity contribution in [3.05, 3.63) is 12.2 Å². The highest BCUT2D eigenvalue weighted by Crippen LogP contribution is 2.17. The van der Waals surface area contributed by atoms with Crippen LogP contribution >= 0.6 is 23.1 Å². The van der Waals surface area contributed by atoms with Crippen molar-refractivity contribution in [1.82, 2.24) is 9.36 Å². The number of aromatic nitrogens is 2. The molecular formula is C6H9ClN3S. The van der Waals surface area contributed by atoms with E-state index in [1.165, 1.54) is 11.5 Å². The van der Waals surface area contributed by atoms with Crippen LogP contribution in [-0.2, 0) is 0 Å². The Morgan fingerprint density at radius 2 is 2.45 bits per heavy atom. The minimum atomic E-state index is 0.320. The number of nitrogens with zero attached hydrogens (tertiary/aromatic N) is 3. The predicted octanol–water partition coefficient (Wildman–Crippen LogP) is 1.85. The van der Waals surface area contributed by atoms with E-state index in [1.807, 2.05) is 11.9 Å². The van der Waals surface area contributed by atoms with Crippen LogP contribution in [0.2, 0.25) is 5.28 Å². The molecule has 0 spiro atoms. The third kappa shape index (κ3) is 2.31. The number of anilines is 1. The Kier molecular flexibility index (Phi) is 3.08. The monoisotopic (exact) mass is 190 g/mol. The van der Waals surface area contributed by atoms with E-state index in [2.05, 4.69) is 16.3 Å². The van der Waals surface area contributed by atoms with Gasteiger partial charge in [0.1, 0.15) is 0 Å². The third-order valence-electron chi connectivity index (χ3n) is 1.21. The lowest BCUT2D eigenvalue weighted by Gasteiger charge is -2.12. The quantitative estimate of drug-likeness (QED) is 0.729. The summed E-state index contributed by atoms with van der Waals surface area (Å²) < 4.78 is 3.85. The summed E-state index contributed by atoms with van der Waals surface area (Å²) in [4.78, 5) is 5.98. The summed E-state index contributed by atoms with van der Waals surface area (Å²) >= 11 is 6.85. The molecule has 1 heterocycles. The van der Waals surface area contributed by atoms with Crippen LogP contribution in [0, 0.1) is 6.92 Å². The van der Waals surface area contributed by atoms with Gasteiger partial charge >= 0.3 is 0 Å². The number of rotatable bonds is 3. The van der Waals surface area contributed by atoms with Crippen molar-refractivity contribution in [3.8, 4) is 0 Å². The topological polar surface area (TPSA) is 29.0 Å². The third-order valence-corrected chi connectivity index (χ3v) is 2.31. The molecule has 1 rings (SSSR count). The summed E-state index contributed by atoms with van der Waals surface area (Å²) in [6, 6.07) is 0. The fourth-order valence-corrected chi connectivity index (χ4v) is 1.48. The average molecular weight is 191 g/mol. The Balaban J connectivity index is 2.60. The zero-order chi connectivity index (χ0) is 8.27. The first kappa shape index (κ1) is 8.74. The van der Waals surface area contributed by atoms with E-state index in [0.717, 1.165) is 18.1 Å². The predicted molar refractivity (Wildman–Crippen MR) is 48.2 cm³/mol. The highest BCUT2D eigenvalue weighted by atomic mass is 35.5. The van der Waals surface area contributed by atoms with Crippen molar-refractivity contribution in [2.45, 2.75) is 6.42 Å². The largest absolute Gasteiger partial charge is 0.350 e. The second kappa shape index (κ2) is 3.88. The SMILES string of the molecule is [CH2]CCN(C)c1nc(Cl)ns1. The summed E-state index contributed by atoms with van der Waals surface area (Å²) in [6.45, 7) is 4.62. The van der Waals surface area contributed by atoms with E-state index in [-0.39, 0.29) is 0 Å². The fraction of sp³-hybridized carbons (Fsp3) is 0.500. The molecule has 1 aromatic heterocycles. The van der Waals surface area contributed by atoms with E-state index >= 15 is 0 Å². The molecule has 0 N–H and O–H groups in total. The van der Waals surface area contributed by atoms with Gasteiger partial charge in [-0.3, -0.25) is 0 Å². The lowest BCUT2D eigenvalue weighted by molar-refractivity contribution is 0.890. The van der Waals surface area contributed by atoms with Crippen LogP contribution in [0.25, 0.3) is 0 Å². The highest BCUT2D eigenvalue weighted by molar-refractivity contribution is 7.09. The Morgan fingerprint density at radius 3 is 2.91 bits per heavy atom. The molecular weight excluding hydrogens is 182 g/mol. The van der Waals surface area contributed by atoms with Crippen LogP contribution in [0.3, 0.4) is 0 Å². The maximum atomic E-state index is 5.55. The Bertz CT molecular complexity index is 225. The smallest absolute Gasteiger partial charge is 0.236 e. The van der Waals surface area contributed by atoms with Gasteiger partial charge in [-0.25, -0.2) is 0 Å². The van der Waals surface area contributed by atoms with Gasteiger partial charge in [-0.15, -0.1) is 0 Å². The van der Waals surface area contributed by atoms with Gasteiger partial charge in [-0.2, -0.15) is 9.36 Å². The minimum Gasteiger partial charge on any atom is -0.350 e. The van der Waals surface area contributed by atoms with Gasteiger partial charge in [0.15, 0.2) is 0 Å². The Hall–Kier alpha value is -0.350. The maximum Gasteiger partial charge on any atom is 0.236 e. The summed E-state index contributed by atoms with van der Waals surface area (Å²) in [5.41, 5.74) is 0. The summed E-state index contributed by atoms with van der Waals surface area (Å²) in [6.07, 6.45) is 0.855. The van der Waals surface area contributed by atoms with Crippen LogP contribution in [0.4, 0.5) is 5.13 Å². The first-order valence-electron chi connectivity index (χ1n) is 3.23. The van der Waals surface area contributed by atoms with Crippen LogP contribution in [-0.4, -0.2) is 22.9 Å². The molecule has 0 aliphatic rings. The van der Waals surface area contributed by atoms with Gasteiger partial charge in [0.05, 0.1) is 0 Å². The van der Waals surface area contributed by atoms with Crippen molar-refractivity contribution in [1.29, 1.82) is 0 Å². The second-order valence-electron chi connectivity index (χ2n) is 2.12. The standard InChI is InChI=1S/C6H9ClN3S/c1-3-4-10(2)6-8-5(7)9-11-6/h1,3-4H2,2H3. The van der Waals surface area contributed by atoms with E-state index in [4.69, 9.17) is 11.6 Å². The van der Waals surface area contributed by atoms with E-state index < -0.39 is 0 Å². The molecule has 0 fully saturated rings. The van der Waals surface area contributed by atoms with Crippen molar-refractivity contribution in [2.75, 3.05) is 18.5 Å². The molecule has 0 aliphatic carbocycles. The molecule has 0 amide bonds. The maximum absolute atomic E-state index is 5.55. The zero-order valence-corrected chi connectivity index (χ0v) is 7.82. The molecule has 0 bridgehead atoms. The normalized spacial score (nSPS) is 10.1. The van der Waals surface area contributed by atoms with Crippen molar-refractivity contribution in [2.24, 2.45) is 0 Å². The highest BCUT2D eigenvalue weighted by Gasteiger charge is 2.04. The molecule has 0 unspecified atom stereocenters. The van der Waals surface area contributed by atoms with Gasteiger partial charge < -0.3 is 4.90 Å². The zero-order valence-electron chi connectivity index (χ0n) is 6.25. The molecule has 11 heavy (non-hydrogen) atoms. The van der Waals surface area contributed by atoms with Crippen LogP contribution < -0.4 is 4.90 Å². The van der Waals surface area contributed by atoms with Crippen LogP contribution in [0.5, 0.6) is 0 Å². The number of halogens is 1. The second-order valence-corrected chi connectivity index (χ2v) is 3.19. The molecule has 5 heteroatoms. The molecule has 1 radical (unpaired) electrons. The van der Waals surface area contributed by atoms with Crippen molar-refractivity contribution >= 4 is 28.3 Å². The minimum absolute atomic E-state index is 0.320. The van der Waals surface area contributed by atoms with Gasteiger partial charge in [0.2, 0.25) is 10.4 Å². The van der Waals surface area contributed by atoms with Gasteiger partial charge in [-0.1, -0.05) is 6.92 Å². The first-order chi connectivity index (χ1) is 5.24. The molecule has 0 saturated heterocycles. The van der Waals surface area contributed by atoms with Crippen molar-refractivity contribution < 1.29 is 0 Å². The van der Waals surface area contributed by atoms with Crippen molar-refractivity contribution in [3.63, 3.8) is 0 Å². The average Bonchev–Trinajstić information content (AvgIpc) is 2.36. The van der Waals surface area contributed by atoms with Gasteiger partial charge in [-0.05, 0) is 18.0 Å². The molecule has 0 saturated carbocycles. The Morgan fingerprint density at radius 1 is 1.73 bits per heavy atom. The fourth-order valence-electron chi connectivity index (χ4n) is 0.686. The van der Waals surface area contributed by atoms with E-state index in [9.17, 15) is 0 Å². The van der Waals surface area contributed by atoms with Crippen LogP contribution in [0.1, 0.15) is 6.42 Å². The van der Waals surface area contributed by atoms with Crippen LogP contribution in [0.15, 0.2) is 0 Å². The van der Waals surface area contributed by atoms with E-state index in [0.29, 0.717) is 5.28 Å².